The van der Waals surface area contributed by atoms with Crippen molar-refractivity contribution < 1.29 is 24.1 Å². The van der Waals surface area contributed by atoms with Crippen molar-refractivity contribution in [2.45, 2.75) is 6.92 Å². The molecule has 0 bridgehead atoms. The highest BCUT2D eigenvalue weighted by Gasteiger charge is 2.33. The van der Waals surface area contributed by atoms with E-state index in [0.29, 0.717) is 27.1 Å². The highest BCUT2D eigenvalue weighted by atomic mass is 32.2. The number of rotatable bonds is 6. The van der Waals surface area contributed by atoms with Crippen molar-refractivity contribution in [1.82, 2.24) is 0 Å². The highest BCUT2D eigenvalue weighted by molar-refractivity contribution is 8.18. The monoisotopic (exact) mass is 411 g/mol. The molecule has 0 saturated carbocycles. The molecular formula is C22H21NO5S. The zero-order valence-electron chi connectivity index (χ0n) is 16.3. The molecule has 6 nitrogen and oxygen atoms in total. The van der Waals surface area contributed by atoms with Crippen LogP contribution in [0, 0.1) is 0 Å². The Morgan fingerprint density at radius 2 is 1.83 bits per heavy atom. The molecule has 0 unspecified atom stereocenters. The lowest BCUT2D eigenvalue weighted by Gasteiger charge is -2.04. The Morgan fingerprint density at radius 1 is 1.10 bits per heavy atom. The van der Waals surface area contributed by atoms with E-state index in [2.05, 4.69) is 4.99 Å². The van der Waals surface area contributed by atoms with Crippen LogP contribution in [-0.2, 0) is 9.53 Å². The number of benzene rings is 2. The van der Waals surface area contributed by atoms with E-state index >= 15 is 0 Å². The Morgan fingerprint density at radius 3 is 2.48 bits per heavy atom. The Hall–Kier alpha value is -3.19. The van der Waals surface area contributed by atoms with Gasteiger partial charge in [0.05, 0.1) is 31.4 Å². The molecule has 0 aromatic heterocycles. The zero-order valence-corrected chi connectivity index (χ0v) is 17.2. The van der Waals surface area contributed by atoms with E-state index in [9.17, 15) is 9.90 Å². The maximum absolute atomic E-state index is 12.5. The van der Waals surface area contributed by atoms with Gasteiger partial charge in [-0.2, -0.15) is 0 Å². The van der Waals surface area contributed by atoms with Gasteiger partial charge >= 0.3 is 5.97 Å². The fraction of sp³-hybridized carbons (Fsp3) is 0.182. The summed E-state index contributed by atoms with van der Waals surface area (Å²) >= 11 is 1.21. The molecule has 0 fully saturated rings. The first-order valence-corrected chi connectivity index (χ1v) is 9.74. The molecule has 0 aliphatic carbocycles. The van der Waals surface area contributed by atoms with Crippen molar-refractivity contribution in [2.75, 3.05) is 20.8 Å². The van der Waals surface area contributed by atoms with Crippen LogP contribution in [-0.4, -0.2) is 36.9 Å². The van der Waals surface area contributed by atoms with E-state index in [1.165, 1.54) is 11.8 Å². The normalized spacial score (nSPS) is 16.4. The number of hydrogen-bond donors (Lipinski definition) is 1. The number of hydrogen-bond acceptors (Lipinski definition) is 7. The third kappa shape index (κ3) is 4.81. The van der Waals surface area contributed by atoms with E-state index in [1.807, 2.05) is 24.3 Å². The summed E-state index contributed by atoms with van der Waals surface area (Å²) in [6.07, 6.45) is 1.78. The third-order valence-corrected chi connectivity index (χ3v) is 5.08. The van der Waals surface area contributed by atoms with E-state index in [4.69, 9.17) is 14.2 Å². The van der Waals surface area contributed by atoms with Gasteiger partial charge in [-0.3, -0.25) is 0 Å². The van der Waals surface area contributed by atoms with E-state index in [-0.39, 0.29) is 17.9 Å². The second-order valence-corrected chi connectivity index (χ2v) is 6.98. The number of nitrogens with zero attached hydrogens (tertiary/aromatic N) is 1. The SMILES string of the molecule is CCOC(=O)C1=C(O)C(=Cc2cccc(OC)c2)SC1=Nc1ccc(OC)cc1. The summed E-state index contributed by atoms with van der Waals surface area (Å²) in [5.41, 5.74) is 1.51. The van der Waals surface area contributed by atoms with E-state index in [0.717, 1.165) is 5.56 Å². The van der Waals surface area contributed by atoms with Crippen LogP contribution in [0.5, 0.6) is 11.5 Å². The number of aliphatic imine (C=N–C) groups is 1. The summed E-state index contributed by atoms with van der Waals surface area (Å²) in [5, 5.41) is 11.1. The first-order chi connectivity index (χ1) is 14.0. The highest BCUT2D eigenvalue weighted by Crippen LogP contribution is 2.40. The molecule has 2 aromatic rings. The fourth-order valence-electron chi connectivity index (χ4n) is 2.65. The average Bonchev–Trinajstić information content (AvgIpc) is 3.03. The molecule has 7 heteroatoms. The number of aliphatic hydroxyl groups is 1. The van der Waals surface area contributed by atoms with Gasteiger partial charge in [0.1, 0.15) is 27.9 Å². The number of ether oxygens (including phenoxy) is 3. The fourth-order valence-corrected chi connectivity index (χ4v) is 3.68. The minimum absolute atomic E-state index is 0.0572. The molecule has 0 amide bonds. The van der Waals surface area contributed by atoms with Crippen molar-refractivity contribution in [3.8, 4) is 11.5 Å². The van der Waals surface area contributed by atoms with Gasteiger partial charge in [0.15, 0.2) is 0 Å². The van der Waals surface area contributed by atoms with Crippen molar-refractivity contribution in [3.05, 3.63) is 70.3 Å². The topological polar surface area (TPSA) is 77.4 Å². The minimum atomic E-state index is -0.612. The lowest BCUT2D eigenvalue weighted by molar-refractivity contribution is -0.138. The first kappa shape index (κ1) is 20.5. The minimum Gasteiger partial charge on any atom is -0.506 e. The molecule has 29 heavy (non-hydrogen) atoms. The van der Waals surface area contributed by atoms with Crippen LogP contribution in [0.1, 0.15) is 12.5 Å². The molecule has 0 atom stereocenters. The number of carbonyl (C=O) groups excluding carboxylic acids is 1. The number of thioether (sulfide) groups is 1. The molecule has 1 aliphatic heterocycles. The van der Waals surface area contributed by atoms with Gasteiger partial charge in [-0.25, -0.2) is 9.79 Å². The number of aliphatic hydroxyl groups excluding tert-OH is 1. The first-order valence-electron chi connectivity index (χ1n) is 8.93. The van der Waals surface area contributed by atoms with Crippen LogP contribution in [0.25, 0.3) is 6.08 Å². The van der Waals surface area contributed by atoms with Crippen LogP contribution in [0.15, 0.2) is 69.8 Å². The molecule has 3 rings (SSSR count). The number of carbonyl (C=O) groups is 1. The van der Waals surface area contributed by atoms with Crippen LogP contribution in [0.4, 0.5) is 5.69 Å². The third-order valence-electron chi connectivity index (χ3n) is 4.06. The second kappa shape index (κ2) is 9.34. The van der Waals surface area contributed by atoms with Crippen molar-refractivity contribution >= 4 is 34.5 Å². The van der Waals surface area contributed by atoms with Crippen LogP contribution < -0.4 is 9.47 Å². The summed E-state index contributed by atoms with van der Waals surface area (Å²) in [5.74, 6) is 0.640. The molecule has 2 aromatic carbocycles. The maximum Gasteiger partial charge on any atom is 0.344 e. The summed E-state index contributed by atoms with van der Waals surface area (Å²) < 4.78 is 15.5. The van der Waals surface area contributed by atoms with Crippen molar-refractivity contribution in [3.63, 3.8) is 0 Å². The summed E-state index contributed by atoms with van der Waals surface area (Å²) in [6, 6.07) is 14.5. The quantitative estimate of drug-likeness (QED) is 0.682. The summed E-state index contributed by atoms with van der Waals surface area (Å²) in [6.45, 7) is 1.91. The summed E-state index contributed by atoms with van der Waals surface area (Å²) in [4.78, 5) is 17.5. The Kier molecular flexibility index (Phi) is 6.61. The van der Waals surface area contributed by atoms with E-state index in [1.54, 1.807) is 51.5 Å². The van der Waals surface area contributed by atoms with Gasteiger partial charge in [-0.1, -0.05) is 23.9 Å². The number of methoxy groups -OCH3 is 2. The lowest BCUT2D eigenvalue weighted by atomic mass is 10.1. The van der Waals surface area contributed by atoms with Crippen molar-refractivity contribution in [1.29, 1.82) is 0 Å². The van der Waals surface area contributed by atoms with E-state index < -0.39 is 5.97 Å². The lowest BCUT2D eigenvalue weighted by Crippen LogP contribution is -2.12. The van der Waals surface area contributed by atoms with Gasteiger partial charge in [-0.05, 0) is 55.0 Å². The number of esters is 1. The van der Waals surface area contributed by atoms with Crippen LogP contribution >= 0.6 is 11.8 Å². The Labute approximate surface area is 173 Å². The zero-order chi connectivity index (χ0) is 20.8. The largest absolute Gasteiger partial charge is 0.506 e. The smallest absolute Gasteiger partial charge is 0.344 e. The van der Waals surface area contributed by atoms with Crippen molar-refractivity contribution in [2.24, 2.45) is 4.99 Å². The Balaban J connectivity index is 2.01. The molecule has 0 radical (unpaired) electrons. The second-order valence-electron chi connectivity index (χ2n) is 5.95. The standard InChI is InChI=1S/C22H21NO5S/c1-4-28-22(25)19-20(24)18(13-14-6-5-7-17(12-14)27-3)29-21(19)23-15-8-10-16(26-2)11-9-15/h5-13,24H,4H2,1-3H3. The molecule has 0 spiro atoms. The van der Waals surface area contributed by atoms with Gasteiger partial charge in [0, 0.05) is 0 Å². The van der Waals surface area contributed by atoms with Gasteiger partial charge in [0.2, 0.25) is 0 Å². The molecule has 0 saturated heterocycles. The molecule has 1 N–H and O–H groups in total. The molecule has 150 valence electrons. The average molecular weight is 411 g/mol. The maximum atomic E-state index is 12.5. The molecule has 1 heterocycles. The predicted octanol–water partition coefficient (Wildman–Crippen LogP) is 4.90. The predicted molar refractivity (Wildman–Crippen MR) is 115 cm³/mol. The Bertz CT molecular complexity index is 993. The summed E-state index contributed by atoms with van der Waals surface area (Å²) in [7, 11) is 3.18. The van der Waals surface area contributed by atoms with Gasteiger partial charge < -0.3 is 19.3 Å². The van der Waals surface area contributed by atoms with Crippen LogP contribution in [0.3, 0.4) is 0 Å². The van der Waals surface area contributed by atoms with Crippen LogP contribution in [0.2, 0.25) is 0 Å². The van der Waals surface area contributed by atoms with Gasteiger partial charge in [-0.15, -0.1) is 0 Å². The van der Waals surface area contributed by atoms with Gasteiger partial charge in [0.25, 0.3) is 0 Å². The molecular weight excluding hydrogens is 390 g/mol. The molecule has 1 aliphatic rings.